The Morgan fingerprint density at radius 2 is 1.26 bits per heavy atom. The molecule has 1 aliphatic heterocycles. The molecule has 2 heterocycles. The summed E-state index contributed by atoms with van der Waals surface area (Å²) in [5.41, 5.74) is 17.2. The Bertz CT molecular complexity index is 2330. The zero-order valence-electron chi connectivity index (χ0n) is 29.3. The van der Waals surface area contributed by atoms with Crippen molar-refractivity contribution >= 4 is 23.0 Å². The number of benzene rings is 5. The van der Waals surface area contributed by atoms with Gasteiger partial charge in [-0.3, -0.25) is 9.98 Å². The first-order chi connectivity index (χ1) is 24.3. The number of hydrogen-bond donors (Lipinski definition) is 0. The minimum absolute atomic E-state index is 0.250. The summed E-state index contributed by atoms with van der Waals surface area (Å²) in [4.78, 5) is 13.0. The van der Waals surface area contributed by atoms with Gasteiger partial charge in [0.2, 0.25) is 0 Å². The van der Waals surface area contributed by atoms with E-state index in [9.17, 15) is 0 Å². The molecular weight excluding hydrogens is 625 g/mol. The Balaban J connectivity index is 1.37. The molecule has 244 valence electrons. The van der Waals surface area contributed by atoms with E-state index >= 15 is 0 Å². The van der Waals surface area contributed by atoms with Crippen LogP contribution in [0.25, 0.3) is 16.7 Å². The number of aromatic nitrogens is 1. The predicted octanol–water partition coefficient (Wildman–Crippen LogP) is 12.1. The van der Waals surface area contributed by atoms with Crippen LogP contribution in [0.15, 0.2) is 166 Å². The highest BCUT2D eigenvalue weighted by Crippen LogP contribution is 2.62. The molecule has 0 saturated heterocycles. The van der Waals surface area contributed by atoms with Crippen LogP contribution in [0.2, 0.25) is 0 Å². The third-order valence-corrected chi connectivity index (χ3v) is 11.7. The van der Waals surface area contributed by atoms with Gasteiger partial charge < -0.3 is 0 Å². The number of allylic oxidation sites excluding steroid dienone is 2. The van der Waals surface area contributed by atoms with Gasteiger partial charge >= 0.3 is 0 Å². The minimum atomic E-state index is -0.436. The topological polar surface area (TPSA) is 25.2 Å². The number of nitrogens with zero attached hydrogens (tertiary/aromatic N) is 2. The summed E-state index contributed by atoms with van der Waals surface area (Å²) in [7, 11) is 0. The van der Waals surface area contributed by atoms with Crippen molar-refractivity contribution in [2.24, 2.45) is 4.99 Å². The van der Waals surface area contributed by atoms with Crippen LogP contribution in [0.4, 0.5) is 0 Å². The molecule has 6 aromatic rings. The van der Waals surface area contributed by atoms with Crippen LogP contribution in [-0.2, 0) is 5.41 Å². The average molecular weight is 665 g/mol. The van der Waals surface area contributed by atoms with E-state index in [4.69, 9.17) is 9.98 Å². The van der Waals surface area contributed by atoms with Crippen molar-refractivity contribution in [3.63, 3.8) is 0 Å². The number of hydrogen-bond acceptors (Lipinski definition) is 3. The van der Waals surface area contributed by atoms with Crippen LogP contribution in [0, 0.1) is 13.8 Å². The van der Waals surface area contributed by atoms with Crippen LogP contribution in [0.1, 0.15) is 77.1 Å². The molecule has 1 unspecified atom stereocenters. The quantitative estimate of drug-likeness (QED) is 0.131. The zero-order chi connectivity index (χ0) is 34.6. The van der Waals surface area contributed by atoms with E-state index in [-0.39, 0.29) is 6.04 Å². The lowest BCUT2D eigenvalue weighted by molar-refractivity contribution is 0.718. The maximum Gasteiger partial charge on any atom is 0.0961 e. The van der Waals surface area contributed by atoms with Crippen LogP contribution >= 0.6 is 11.8 Å². The lowest BCUT2D eigenvalue weighted by Crippen LogP contribution is -2.32. The molecule has 1 spiro atoms. The van der Waals surface area contributed by atoms with E-state index in [1.54, 1.807) is 0 Å². The van der Waals surface area contributed by atoms with Gasteiger partial charge in [-0.2, -0.15) is 0 Å². The summed E-state index contributed by atoms with van der Waals surface area (Å²) in [6.07, 6.45) is 0. The molecule has 1 aliphatic carbocycles. The zero-order valence-corrected chi connectivity index (χ0v) is 30.1. The molecule has 1 aromatic heterocycles. The van der Waals surface area contributed by atoms with Gasteiger partial charge in [-0.1, -0.05) is 139 Å². The highest BCUT2D eigenvalue weighted by molar-refractivity contribution is 7.99. The maximum atomic E-state index is 5.64. The van der Waals surface area contributed by atoms with Gasteiger partial charge in [-0.15, -0.1) is 0 Å². The van der Waals surface area contributed by atoms with Crippen molar-refractivity contribution in [2.45, 2.75) is 55.9 Å². The summed E-state index contributed by atoms with van der Waals surface area (Å²) in [6.45, 7) is 15.2. The van der Waals surface area contributed by atoms with Crippen molar-refractivity contribution in [1.29, 1.82) is 0 Å². The predicted molar refractivity (Wildman–Crippen MR) is 210 cm³/mol. The lowest BCUT2D eigenvalue weighted by atomic mass is 9.67. The molecular formula is C47H40N2S. The summed E-state index contributed by atoms with van der Waals surface area (Å²) >= 11 is 1.87. The molecule has 0 N–H and O–H groups in total. The van der Waals surface area contributed by atoms with Crippen LogP contribution in [0.3, 0.4) is 0 Å². The van der Waals surface area contributed by atoms with E-state index in [2.05, 4.69) is 168 Å². The minimum Gasteiger partial charge on any atom is -0.272 e. The summed E-state index contributed by atoms with van der Waals surface area (Å²) < 4.78 is 0. The fourth-order valence-electron chi connectivity index (χ4n) is 8.09. The molecule has 8 rings (SSSR count). The second-order valence-corrected chi connectivity index (χ2v) is 14.7. The normalized spacial score (nSPS) is 15.0. The summed E-state index contributed by atoms with van der Waals surface area (Å²) in [6, 6.07) is 48.5. The smallest absolute Gasteiger partial charge is 0.0961 e. The molecule has 0 fully saturated rings. The molecule has 3 heteroatoms. The number of fused-ring (bicyclic) bond motifs is 9. The van der Waals surface area contributed by atoms with Crippen LogP contribution < -0.4 is 0 Å². The molecule has 2 aliphatic rings. The summed E-state index contributed by atoms with van der Waals surface area (Å²) in [5.74, 6) is 0. The molecule has 0 radical (unpaired) electrons. The number of pyridine rings is 1. The van der Waals surface area contributed by atoms with Crippen molar-refractivity contribution in [3.05, 3.63) is 202 Å². The third kappa shape index (κ3) is 5.03. The Kier molecular flexibility index (Phi) is 8.04. The Morgan fingerprint density at radius 1 is 0.660 bits per heavy atom. The standard InChI is InChI=1S/C47H40N2S/c1-29(2)45(49-46(34-16-8-7-9-17-34)32(5)31(4)36-26-24-30(3)48-33(36)6)35-25-27-38-37-18-10-11-19-39(37)47(42(38)28-35)40-20-12-14-22-43(40)50-44-23-15-13-21-41(44)47/h7-28,45H,1H2,2-6H3/b32-31+,49-46?. The van der Waals surface area contributed by atoms with Crippen LogP contribution in [-0.4, -0.2) is 10.7 Å². The molecule has 50 heavy (non-hydrogen) atoms. The molecule has 0 bridgehead atoms. The Labute approximate surface area is 300 Å². The Morgan fingerprint density at radius 3 is 1.92 bits per heavy atom. The van der Waals surface area contributed by atoms with E-state index in [0.29, 0.717) is 0 Å². The first-order valence-electron chi connectivity index (χ1n) is 17.3. The van der Waals surface area contributed by atoms with Crippen molar-refractivity contribution in [2.75, 3.05) is 0 Å². The highest BCUT2D eigenvalue weighted by atomic mass is 32.2. The maximum absolute atomic E-state index is 5.64. The molecule has 2 nitrogen and oxygen atoms in total. The van der Waals surface area contributed by atoms with Gasteiger partial charge in [0.05, 0.1) is 17.2 Å². The second kappa shape index (κ2) is 12.6. The van der Waals surface area contributed by atoms with Crippen molar-refractivity contribution in [1.82, 2.24) is 4.98 Å². The average Bonchev–Trinajstić information content (AvgIpc) is 3.42. The fourth-order valence-corrected chi connectivity index (χ4v) is 9.28. The van der Waals surface area contributed by atoms with Gasteiger partial charge in [0, 0.05) is 21.2 Å². The second-order valence-electron chi connectivity index (χ2n) is 13.6. The monoisotopic (exact) mass is 664 g/mol. The lowest BCUT2D eigenvalue weighted by Gasteiger charge is -2.39. The Hall–Kier alpha value is -5.25. The highest BCUT2D eigenvalue weighted by Gasteiger charge is 2.50. The van der Waals surface area contributed by atoms with Gasteiger partial charge in [-0.25, -0.2) is 0 Å². The van der Waals surface area contributed by atoms with Crippen molar-refractivity contribution < 1.29 is 0 Å². The number of aliphatic imine (C=N–C) groups is 1. The third-order valence-electron chi connectivity index (χ3n) is 10.5. The fraction of sp³-hybridized carbons (Fsp3) is 0.149. The SMILES string of the molecule is C=C(C)C(N=C(/C(C)=C(\C)c1ccc(C)nc1C)c1ccccc1)c1ccc2c(c1)C1(c3ccccc3Sc3ccccc31)c1ccccc1-2. The number of rotatable bonds is 6. The van der Waals surface area contributed by atoms with E-state index in [1.807, 2.05) is 18.7 Å². The summed E-state index contributed by atoms with van der Waals surface area (Å²) in [5, 5.41) is 0. The first kappa shape index (κ1) is 32.0. The van der Waals surface area contributed by atoms with Gasteiger partial charge in [-0.05, 0) is 114 Å². The van der Waals surface area contributed by atoms with Crippen molar-refractivity contribution in [3.8, 4) is 11.1 Å². The van der Waals surface area contributed by atoms with E-state index in [1.165, 1.54) is 48.7 Å². The van der Waals surface area contributed by atoms with Gasteiger partial charge in [0.25, 0.3) is 0 Å². The number of aryl methyl sites for hydroxylation is 2. The molecule has 0 amide bonds. The van der Waals surface area contributed by atoms with E-state index in [0.717, 1.165) is 44.9 Å². The van der Waals surface area contributed by atoms with E-state index < -0.39 is 5.41 Å². The molecule has 1 atom stereocenters. The van der Waals surface area contributed by atoms with Crippen LogP contribution in [0.5, 0.6) is 0 Å². The molecule has 5 aromatic carbocycles. The largest absolute Gasteiger partial charge is 0.272 e. The van der Waals surface area contributed by atoms with Gasteiger partial charge in [0.1, 0.15) is 0 Å². The van der Waals surface area contributed by atoms with Gasteiger partial charge in [0.15, 0.2) is 0 Å². The molecule has 0 saturated carbocycles. The first-order valence-corrected chi connectivity index (χ1v) is 18.1.